The molecule has 0 atom stereocenters. The molecular weight excluding hydrogens is 166 g/mol. The minimum atomic E-state index is -0.390. The summed E-state index contributed by atoms with van der Waals surface area (Å²) in [7, 11) is 0. The fraction of sp³-hybridized carbons (Fsp3) is 0.200. The molecule has 0 unspecified atom stereocenters. The van der Waals surface area contributed by atoms with Crippen molar-refractivity contribution in [3.05, 3.63) is 30.3 Å². The number of hydrogen-bond donors (Lipinski definition) is 0. The van der Waals surface area contributed by atoms with Gasteiger partial charge in [-0.2, -0.15) is 0 Å². The number of benzene rings is 1. The monoisotopic (exact) mass is 176 g/mol. The highest BCUT2D eigenvalue weighted by Gasteiger charge is 2.06. The third-order valence-electron chi connectivity index (χ3n) is 1.41. The largest absolute Gasteiger partial charge is 0.299 e. The predicted molar refractivity (Wildman–Crippen MR) is 48.5 cm³/mol. The van der Waals surface area contributed by atoms with Crippen LogP contribution < -0.4 is 5.32 Å². The second-order valence-corrected chi connectivity index (χ2v) is 2.72. The molecule has 0 aliphatic heterocycles. The van der Waals surface area contributed by atoms with Crippen molar-refractivity contribution in [3.63, 3.8) is 0 Å². The SMILES string of the molecule is CC(=O)CC(=O)[N]c1ccccc1. The molecule has 0 fully saturated rings. The highest BCUT2D eigenvalue weighted by molar-refractivity contribution is 5.98. The van der Waals surface area contributed by atoms with Crippen molar-refractivity contribution in [1.29, 1.82) is 0 Å². The van der Waals surface area contributed by atoms with E-state index in [0.29, 0.717) is 5.69 Å². The molecule has 1 aromatic rings. The van der Waals surface area contributed by atoms with Gasteiger partial charge in [0.1, 0.15) is 5.78 Å². The number of carbonyl (C=O) groups excluding carboxylic acids is 2. The average molecular weight is 176 g/mol. The number of rotatable bonds is 3. The Hall–Kier alpha value is -1.64. The Balaban J connectivity index is 2.50. The van der Waals surface area contributed by atoms with E-state index in [1.807, 2.05) is 6.07 Å². The summed E-state index contributed by atoms with van der Waals surface area (Å²) in [6.45, 7) is 1.37. The molecule has 0 aliphatic carbocycles. The topological polar surface area (TPSA) is 48.2 Å². The third-order valence-corrected chi connectivity index (χ3v) is 1.41. The van der Waals surface area contributed by atoms with Crippen LogP contribution in [0.5, 0.6) is 0 Å². The summed E-state index contributed by atoms with van der Waals surface area (Å²) in [4.78, 5) is 21.6. The van der Waals surface area contributed by atoms with Crippen molar-refractivity contribution < 1.29 is 9.59 Å². The lowest BCUT2D eigenvalue weighted by Gasteiger charge is -1.98. The van der Waals surface area contributed by atoms with Crippen LogP contribution in [-0.2, 0) is 9.59 Å². The summed E-state index contributed by atoms with van der Waals surface area (Å²) in [5.41, 5.74) is 0.591. The summed E-state index contributed by atoms with van der Waals surface area (Å²) in [6, 6.07) is 8.87. The zero-order valence-electron chi connectivity index (χ0n) is 7.36. The molecule has 0 spiro atoms. The molecule has 1 amide bonds. The van der Waals surface area contributed by atoms with Crippen LogP contribution in [0.1, 0.15) is 13.3 Å². The molecule has 0 saturated carbocycles. The first-order valence-corrected chi connectivity index (χ1v) is 3.97. The second kappa shape index (κ2) is 4.40. The van der Waals surface area contributed by atoms with Crippen molar-refractivity contribution in [2.75, 3.05) is 0 Å². The lowest BCUT2D eigenvalue weighted by Crippen LogP contribution is -2.13. The van der Waals surface area contributed by atoms with E-state index in [9.17, 15) is 9.59 Å². The van der Waals surface area contributed by atoms with E-state index >= 15 is 0 Å². The van der Waals surface area contributed by atoms with Gasteiger partial charge in [-0.05, 0) is 19.1 Å². The fourth-order valence-corrected chi connectivity index (χ4v) is 0.899. The lowest BCUT2D eigenvalue weighted by atomic mass is 10.2. The predicted octanol–water partition coefficient (Wildman–Crippen LogP) is 1.43. The van der Waals surface area contributed by atoms with Crippen molar-refractivity contribution in [3.8, 4) is 0 Å². The Bertz CT molecular complexity index is 306. The van der Waals surface area contributed by atoms with Crippen LogP contribution in [-0.4, -0.2) is 11.7 Å². The van der Waals surface area contributed by atoms with Gasteiger partial charge in [0.05, 0.1) is 12.1 Å². The zero-order valence-corrected chi connectivity index (χ0v) is 7.36. The first-order chi connectivity index (χ1) is 6.18. The van der Waals surface area contributed by atoms with Gasteiger partial charge in [-0.3, -0.25) is 9.59 Å². The van der Waals surface area contributed by atoms with E-state index in [2.05, 4.69) is 5.32 Å². The summed E-state index contributed by atoms with van der Waals surface area (Å²) < 4.78 is 0. The van der Waals surface area contributed by atoms with Gasteiger partial charge in [0.2, 0.25) is 0 Å². The molecule has 67 valence electrons. The first-order valence-electron chi connectivity index (χ1n) is 3.97. The highest BCUT2D eigenvalue weighted by Crippen LogP contribution is 2.05. The van der Waals surface area contributed by atoms with Crippen LogP contribution in [0.25, 0.3) is 0 Å². The molecule has 1 rings (SSSR count). The van der Waals surface area contributed by atoms with Gasteiger partial charge in [0.15, 0.2) is 0 Å². The van der Waals surface area contributed by atoms with Crippen LogP contribution >= 0.6 is 0 Å². The van der Waals surface area contributed by atoms with Gasteiger partial charge in [-0.25, -0.2) is 5.32 Å². The van der Waals surface area contributed by atoms with E-state index in [4.69, 9.17) is 0 Å². The molecule has 1 aromatic carbocycles. The van der Waals surface area contributed by atoms with Crippen molar-refractivity contribution in [2.24, 2.45) is 0 Å². The molecule has 0 saturated heterocycles. The minimum absolute atomic E-state index is 0.116. The minimum Gasteiger partial charge on any atom is -0.299 e. The number of para-hydroxylation sites is 1. The smallest absolute Gasteiger partial charge is 0.253 e. The normalized spacial score (nSPS) is 9.31. The van der Waals surface area contributed by atoms with Gasteiger partial charge in [0.25, 0.3) is 5.91 Å². The fourth-order valence-electron chi connectivity index (χ4n) is 0.899. The Kier molecular flexibility index (Phi) is 3.20. The molecule has 0 bridgehead atoms. The van der Waals surface area contributed by atoms with Gasteiger partial charge in [0, 0.05) is 0 Å². The maximum atomic E-state index is 11.0. The van der Waals surface area contributed by atoms with Crippen LogP contribution in [0.2, 0.25) is 0 Å². The molecule has 3 nitrogen and oxygen atoms in total. The van der Waals surface area contributed by atoms with Crippen LogP contribution in [0.15, 0.2) is 30.3 Å². The molecule has 0 aliphatic rings. The number of hydrogen-bond acceptors (Lipinski definition) is 2. The van der Waals surface area contributed by atoms with E-state index in [0.717, 1.165) is 0 Å². The van der Waals surface area contributed by atoms with E-state index in [1.54, 1.807) is 24.3 Å². The molecule has 1 radical (unpaired) electrons. The molecule has 0 N–H and O–H groups in total. The zero-order chi connectivity index (χ0) is 9.68. The van der Waals surface area contributed by atoms with Crippen molar-refractivity contribution in [1.82, 2.24) is 5.32 Å². The quantitative estimate of drug-likeness (QED) is 0.654. The Labute approximate surface area is 76.8 Å². The standard InChI is InChI=1S/C10H10NO2/c1-8(12)7-10(13)11-9-5-3-2-4-6-9/h2-6H,7H2,1H3. The number of carbonyl (C=O) groups is 2. The summed E-state index contributed by atoms with van der Waals surface area (Å²) in [6.07, 6.45) is -0.116. The van der Waals surface area contributed by atoms with E-state index in [1.165, 1.54) is 6.92 Å². The summed E-state index contributed by atoms with van der Waals surface area (Å²) >= 11 is 0. The van der Waals surface area contributed by atoms with Gasteiger partial charge in [-0.15, -0.1) is 0 Å². The third kappa shape index (κ3) is 3.51. The summed E-state index contributed by atoms with van der Waals surface area (Å²) in [5.74, 6) is -0.552. The Morgan fingerprint density at radius 1 is 1.23 bits per heavy atom. The molecule has 3 heteroatoms. The molecule has 13 heavy (non-hydrogen) atoms. The molecule has 0 heterocycles. The van der Waals surface area contributed by atoms with E-state index in [-0.39, 0.29) is 12.2 Å². The number of Topliss-reactive ketones (excluding diaryl/α,β-unsaturated/α-hetero) is 1. The number of nitrogens with zero attached hydrogens (tertiary/aromatic N) is 1. The van der Waals surface area contributed by atoms with Crippen molar-refractivity contribution in [2.45, 2.75) is 13.3 Å². The number of ketones is 1. The lowest BCUT2D eigenvalue weighted by molar-refractivity contribution is -0.126. The van der Waals surface area contributed by atoms with Gasteiger partial charge >= 0.3 is 0 Å². The average Bonchev–Trinajstić information content (AvgIpc) is 2.04. The second-order valence-electron chi connectivity index (χ2n) is 2.72. The van der Waals surface area contributed by atoms with Crippen LogP contribution in [0.4, 0.5) is 5.69 Å². The number of amides is 1. The molecular formula is C10H10NO2. The maximum Gasteiger partial charge on any atom is 0.253 e. The van der Waals surface area contributed by atoms with Crippen LogP contribution in [0.3, 0.4) is 0 Å². The maximum absolute atomic E-state index is 11.0. The van der Waals surface area contributed by atoms with Crippen molar-refractivity contribution >= 4 is 17.4 Å². The first kappa shape index (κ1) is 9.45. The van der Waals surface area contributed by atoms with Crippen LogP contribution in [0, 0.1) is 0 Å². The summed E-state index contributed by atoms with van der Waals surface area (Å²) in [5, 5.41) is 3.74. The van der Waals surface area contributed by atoms with Gasteiger partial charge < -0.3 is 0 Å². The Morgan fingerprint density at radius 3 is 2.38 bits per heavy atom. The molecule has 0 aromatic heterocycles. The Morgan fingerprint density at radius 2 is 1.85 bits per heavy atom. The highest BCUT2D eigenvalue weighted by atomic mass is 16.2. The van der Waals surface area contributed by atoms with E-state index < -0.39 is 5.91 Å². The van der Waals surface area contributed by atoms with Gasteiger partial charge in [-0.1, -0.05) is 18.2 Å².